The number of carbonyl (C=O) groups excluding carboxylic acids is 10. The number of benzene rings is 1. The molecule has 1 aromatic rings. The van der Waals surface area contributed by atoms with Crippen LogP contribution in [0.2, 0.25) is 0 Å². The fraction of sp³-hybridized carbons (Fsp3) is 0.714. The topological polar surface area (TPSA) is 532 Å². The maximum Gasteiger partial charge on any atom is 0.255 e. The van der Waals surface area contributed by atoms with Crippen molar-refractivity contribution >= 4 is 59.1 Å². The number of primary amides is 3. The molecule has 0 aliphatic rings. The molecule has 0 fully saturated rings. The number of nitrogens with zero attached hydrogens (tertiary/aromatic N) is 1. The third kappa shape index (κ3) is 29.4. The van der Waals surface area contributed by atoms with Gasteiger partial charge in [0.1, 0.15) is 48.3 Å². The molecule has 0 aliphatic carbocycles. The summed E-state index contributed by atoms with van der Waals surface area (Å²) in [5.41, 5.74) is 63.5. The number of amides is 10. The van der Waals surface area contributed by atoms with Crippen LogP contribution in [0, 0.1) is 0 Å². The first-order chi connectivity index (χ1) is 40.3. The summed E-state index contributed by atoms with van der Waals surface area (Å²) in [6.07, 6.45) is 7.02. The van der Waals surface area contributed by atoms with Crippen molar-refractivity contribution in [2.24, 2.45) is 63.1 Å². The van der Waals surface area contributed by atoms with Gasteiger partial charge in [-0.05, 0) is 231 Å². The van der Waals surface area contributed by atoms with Gasteiger partial charge in [0, 0.05) is 11.1 Å². The Morgan fingerprint density at radius 1 is 0.298 bits per heavy atom. The monoisotopic (exact) mass is 1190 g/mol. The van der Waals surface area contributed by atoms with Gasteiger partial charge in [-0.15, -0.1) is 0 Å². The van der Waals surface area contributed by atoms with Crippen LogP contribution in [0.4, 0.5) is 0 Å². The highest BCUT2D eigenvalue weighted by Gasteiger charge is 2.42. The van der Waals surface area contributed by atoms with Gasteiger partial charge in [0.05, 0.1) is 0 Å². The molecule has 10 amide bonds. The molecule has 28 N–H and O–H groups in total. The van der Waals surface area contributed by atoms with Gasteiger partial charge in [0.2, 0.25) is 53.2 Å². The summed E-state index contributed by atoms with van der Waals surface area (Å²) in [5.74, 6) is -7.86. The molecule has 0 radical (unpaired) electrons. The number of rotatable bonds is 50. The number of carbonyl (C=O) groups is 10. The highest BCUT2D eigenvalue weighted by molar-refractivity contribution is 6.03. The van der Waals surface area contributed by atoms with E-state index >= 15 is 14.4 Å². The van der Waals surface area contributed by atoms with Gasteiger partial charge in [0.25, 0.3) is 5.91 Å². The summed E-state index contributed by atoms with van der Waals surface area (Å²) >= 11 is 0. The summed E-state index contributed by atoms with van der Waals surface area (Å²) in [4.78, 5) is 141. The van der Waals surface area contributed by atoms with Crippen LogP contribution in [0.25, 0.3) is 0 Å². The summed E-state index contributed by atoms with van der Waals surface area (Å²) < 4.78 is 0. The van der Waals surface area contributed by atoms with Gasteiger partial charge < -0.3 is 99.9 Å². The van der Waals surface area contributed by atoms with E-state index in [9.17, 15) is 33.6 Å². The molecule has 0 bridgehead atoms. The molecule has 0 heterocycles. The Labute approximate surface area is 495 Å². The predicted molar refractivity (Wildman–Crippen MR) is 322 cm³/mol. The predicted octanol–water partition coefficient (Wildman–Crippen LogP) is -3.12. The quantitative estimate of drug-likeness (QED) is 0.0287. The lowest BCUT2D eigenvalue weighted by molar-refractivity contribution is -0.137. The first kappa shape index (κ1) is 75.6. The van der Waals surface area contributed by atoms with E-state index in [1.54, 1.807) is 0 Å². The fourth-order valence-corrected chi connectivity index (χ4v) is 9.41. The maximum atomic E-state index is 15.4. The van der Waals surface area contributed by atoms with Crippen molar-refractivity contribution in [2.45, 2.75) is 202 Å². The van der Waals surface area contributed by atoms with Crippen molar-refractivity contribution in [3.05, 3.63) is 35.4 Å². The Morgan fingerprint density at radius 3 is 0.750 bits per heavy atom. The molecular weight excluding hydrogens is 1080 g/mol. The molecule has 1 rings (SSSR count). The van der Waals surface area contributed by atoms with E-state index in [0.717, 1.165) is 4.90 Å². The van der Waals surface area contributed by atoms with Crippen molar-refractivity contribution < 1.29 is 47.9 Å². The van der Waals surface area contributed by atoms with Gasteiger partial charge in [0.15, 0.2) is 0 Å². The van der Waals surface area contributed by atoms with Gasteiger partial charge in [-0.1, -0.05) is 0 Å². The van der Waals surface area contributed by atoms with Crippen molar-refractivity contribution in [1.82, 2.24) is 36.8 Å². The molecule has 0 aromatic heterocycles. The van der Waals surface area contributed by atoms with Gasteiger partial charge in [-0.25, -0.2) is 0 Å². The van der Waals surface area contributed by atoms with Crippen LogP contribution in [-0.2, 0) is 38.4 Å². The SMILES string of the molecule is NCCCCC(NC(=O)C(CCCCN)NC(=O)C(CCCCN)NC(=O)C(CCCCN)N(C(=O)c1ccc(C(N)=O)cc1)C(CCCCN)C(=O)NC(CCCCN)C(=O)NC(CCCCN)C(=O)NC(CCCCN)C(N)=O)C(N)=O. The Kier molecular flexibility index (Phi) is 40.5. The van der Waals surface area contributed by atoms with E-state index in [1.165, 1.54) is 24.3 Å². The molecule has 84 heavy (non-hydrogen) atoms. The summed E-state index contributed by atoms with van der Waals surface area (Å²) in [6, 6.07) is -5.07. The number of nitrogens with one attached hydrogen (secondary N) is 6. The second kappa shape index (κ2) is 45.0. The fourth-order valence-electron chi connectivity index (χ4n) is 9.41. The van der Waals surface area contributed by atoms with Crippen LogP contribution in [-0.4, -0.2) is 165 Å². The van der Waals surface area contributed by atoms with Crippen molar-refractivity contribution in [3.63, 3.8) is 0 Å². The number of hydrogen-bond acceptors (Lipinski definition) is 18. The summed E-state index contributed by atoms with van der Waals surface area (Å²) in [7, 11) is 0. The van der Waals surface area contributed by atoms with Crippen LogP contribution in [0.5, 0.6) is 0 Å². The van der Waals surface area contributed by atoms with Crippen LogP contribution < -0.4 is 95.0 Å². The lowest BCUT2D eigenvalue weighted by Gasteiger charge is -2.38. The normalized spacial score (nSPS) is 14.0. The van der Waals surface area contributed by atoms with Crippen molar-refractivity contribution in [2.75, 3.05) is 52.4 Å². The molecule has 0 saturated carbocycles. The second-order valence-corrected chi connectivity index (χ2v) is 21.1. The van der Waals surface area contributed by atoms with E-state index in [2.05, 4.69) is 31.9 Å². The highest BCUT2D eigenvalue weighted by Crippen LogP contribution is 2.23. The minimum Gasteiger partial charge on any atom is -0.368 e. The molecule has 0 saturated heterocycles. The van der Waals surface area contributed by atoms with Gasteiger partial charge in [-0.3, -0.25) is 47.9 Å². The Morgan fingerprint density at radius 2 is 0.512 bits per heavy atom. The lowest BCUT2D eigenvalue weighted by atomic mass is 9.97. The molecule has 28 nitrogen and oxygen atoms in total. The zero-order valence-electron chi connectivity index (χ0n) is 49.4. The summed E-state index contributed by atoms with van der Waals surface area (Å²) in [6.45, 7) is 2.13. The standard InChI is InChI=1S/C56H104N18O10/c57-29-9-1-17-39(48(66)76)68-50(78)41(19-3-11-31-59)70-52(80)43(21-5-13-33-61)72-54(82)45(23-7-15-35-63)74(56(84)38-27-25-37(26-28-38)47(65)75)46(24-8-16-36-64)55(83)73-44(22-6-14-34-62)53(81)71-42(20-4-12-32-60)51(79)69-40(49(67)77)18-2-10-30-58/h25-28,39-46H,1-24,29-36,57-64H2,(H2,65,75)(H2,66,76)(H2,67,77)(H,68,78)(H,69,79)(H,70,80)(H,71,81)(H,72,82)(H,73,83). The van der Waals surface area contributed by atoms with E-state index in [1.807, 2.05) is 0 Å². The largest absolute Gasteiger partial charge is 0.368 e. The van der Waals surface area contributed by atoms with Crippen molar-refractivity contribution in [1.29, 1.82) is 0 Å². The minimum absolute atomic E-state index is 0.00960. The van der Waals surface area contributed by atoms with Crippen molar-refractivity contribution in [3.8, 4) is 0 Å². The Balaban J connectivity index is 4.17. The van der Waals surface area contributed by atoms with Crippen LogP contribution >= 0.6 is 0 Å². The molecule has 0 spiro atoms. The molecule has 0 aliphatic heterocycles. The molecule has 478 valence electrons. The van der Waals surface area contributed by atoms with Gasteiger partial charge in [-0.2, -0.15) is 0 Å². The van der Waals surface area contributed by atoms with E-state index in [0.29, 0.717) is 103 Å². The van der Waals surface area contributed by atoms with E-state index in [4.69, 9.17) is 63.1 Å². The third-order valence-electron chi connectivity index (χ3n) is 14.3. The molecule has 1 aromatic carbocycles. The third-order valence-corrected chi connectivity index (χ3v) is 14.3. The number of unbranched alkanes of at least 4 members (excludes halogenated alkanes) is 8. The van der Waals surface area contributed by atoms with Gasteiger partial charge >= 0.3 is 0 Å². The first-order valence-corrected chi connectivity index (χ1v) is 30.0. The molecule has 8 unspecified atom stereocenters. The smallest absolute Gasteiger partial charge is 0.255 e. The zero-order chi connectivity index (χ0) is 62.8. The van der Waals surface area contributed by atoms with Crippen LogP contribution in [0.1, 0.15) is 175 Å². The van der Waals surface area contributed by atoms with Crippen LogP contribution in [0.3, 0.4) is 0 Å². The van der Waals surface area contributed by atoms with E-state index in [-0.39, 0.29) is 115 Å². The lowest BCUT2D eigenvalue weighted by Crippen LogP contribution is -2.62. The summed E-state index contributed by atoms with van der Waals surface area (Å²) in [5, 5.41) is 16.5. The first-order valence-electron chi connectivity index (χ1n) is 30.0. The zero-order valence-corrected chi connectivity index (χ0v) is 49.4. The van der Waals surface area contributed by atoms with E-state index < -0.39 is 107 Å². The number of nitrogens with two attached hydrogens (primary N) is 11. The number of hydrogen-bond donors (Lipinski definition) is 17. The molecule has 8 atom stereocenters. The average Bonchev–Trinajstić information content (AvgIpc) is 2.09. The second-order valence-electron chi connectivity index (χ2n) is 21.1. The Bertz CT molecular complexity index is 2030. The molecular formula is C56H104N18O10. The molecule has 28 heteroatoms. The average molecular weight is 1190 g/mol. The minimum atomic E-state index is -1.53. The van der Waals surface area contributed by atoms with Crippen LogP contribution in [0.15, 0.2) is 24.3 Å². The Hall–Kier alpha value is -6.40. The highest BCUT2D eigenvalue weighted by atomic mass is 16.2. The maximum absolute atomic E-state index is 15.4.